The minimum atomic E-state index is -0.659. The second-order valence-electron chi connectivity index (χ2n) is 14.4. The predicted octanol–water partition coefficient (Wildman–Crippen LogP) is 13.9. The Balaban J connectivity index is 1.30. The van der Waals surface area contributed by atoms with Crippen LogP contribution in [0.25, 0.3) is 54.8 Å². The number of para-hydroxylation sites is 2. The number of hydrogen-bond donors (Lipinski definition) is 0. The van der Waals surface area contributed by atoms with Crippen LogP contribution >= 0.6 is 0 Å². The predicted molar refractivity (Wildman–Crippen MR) is 231 cm³/mol. The van der Waals surface area contributed by atoms with Gasteiger partial charge >= 0.3 is 0 Å². The van der Waals surface area contributed by atoms with Gasteiger partial charge in [-0.25, -0.2) is 0 Å². The van der Waals surface area contributed by atoms with E-state index in [-0.39, 0.29) is 0 Å². The molecule has 0 saturated heterocycles. The third-order valence-corrected chi connectivity index (χ3v) is 11.6. The number of anilines is 3. The van der Waals surface area contributed by atoms with E-state index in [1.807, 2.05) is 0 Å². The molecule has 1 aromatic heterocycles. The summed E-state index contributed by atoms with van der Waals surface area (Å²) in [5.41, 5.74) is 13.8. The fraction of sp³-hybridized carbons (Fsp3) is 0.0189. The summed E-state index contributed by atoms with van der Waals surface area (Å²) in [6.45, 7) is 0. The summed E-state index contributed by atoms with van der Waals surface area (Å²) in [5, 5.41) is 4.86. The van der Waals surface area contributed by atoms with Gasteiger partial charge in [-0.1, -0.05) is 188 Å². The van der Waals surface area contributed by atoms with Crippen molar-refractivity contribution in [3.63, 3.8) is 0 Å². The molecular formula is C53H36N2. The maximum absolute atomic E-state index is 2.67. The average molecular weight is 701 g/mol. The summed E-state index contributed by atoms with van der Waals surface area (Å²) >= 11 is 0. The van der Waals surface area contributed by atoms with E-state index in [0.717, 1.165) is 17.1 Å². The molecule has 0 fully saturated rings. The van der Waals surface area contributed by atoms with Gasteiger partial charge in [0, 0.05) is 21.8 Å². The van der Waals surface area contributed by atoms with Crippen molar-refractivity contribution in [1.82, 2.24) is 4.57 Å². The van der Waals surface area contributed by atoms with Crippen molar-refractivity contribution >= 4 is 49.6 Å². The third kappa shape index (κ3) is 4.62. The minimum Gasteiger partial charge on any atom is -0.320 e. The van der Waals surface area contributed by atoms with E-state index in [4.69, 9.17) is 0 Å². The molecule has 1 aliphatic carbocycles. The van der Waals surface area contributed by atoms with Gasteiger partial charge in [0.2, 0.25) is 0 Å². The molecule has 0 aliphatic heterocycles. The number of fused-ring (bicyclic) bond motifs is 7. The van der Waals surface area contributed by atoms with Gasteiger partial charge in [0.15, 0.2) is 0 Å². The molecule has 55 heavy (non-hydrogen) atoms. The van der Waals surface area contributed by atoms with E-state index in [1.54, 1.807) is 0 Å². The molecular weight excluding hydrogens is 665 g/mol. The van der Waals surface area contributed by atoms with Crippen LogP contribution in [0.5, 0.6) is 0 Å². The fourth-order valence-corrected chi connectivity index (χ4v) is 9.35. The maximum atomic E-state index is 2.67. The molecule has 0 N–H and O–H groups in total. The van der Waals surface area contributed by atoms with Crippen molar-refractivity contribution in [3.05, 3.63) is 235 Å². The first-order chi connectivity index (χ1) is 27.3. The van der Waals surface area contributed by atoms with Gasteiger partial charge in [0.25, 0.3) is 0 Å². The molecule has 0 amide bonds. The summed E-state index contributed by atoms with van der Waals surface area (Å²) in [7, 11) is 0. The smallest absolute Gasteiger partial charge is 0.122 e. The highest BCUT2D eigenvalue weighted by atomic mass is 15.2. The molecule has 0 spiro atoms. The molecule has 0 unspecified atom stereocenters. The van der Waals surface area contributed by atoms with E-state index in [9.17, 15) is 0 Å². The molecule has 0 radical (unpaired) electrons. The zero-order chi connectivity index (χ0) is 36.3. The molecule has 2 heteroatoms. The Bertz CT molecular complexity index is 2980. The quantitative estimate of drug-likeness (QED) is 0.168. The van der Waals surface area contributed by atoms with E-state index in [1.165, 1.54) is 71.5 Å². The van der Waals surface area contributed by atoms with Crippen LogP contribution < -0.4 is 4.90 Å². The van der Waals surface area contributed by atoms with Crippen molar-refractivity contribution < 1.29 is 0 Å². The minimum absolute atomic E-state index is 0.659. The summed E-state index contributed by atoms with van der Waals surface area (Å²) in [4.78, 5) is 2.49. The maximum Gasteiger partial charge on any atom is 0.122 e. The van der Waals surface area contributed by atoms with Crippen molar-refractivity contribution in [2.75, 3.05) is 4.90 Å². The summed E-state index contributed by atoms with van der Waals surface area (Å²) < 4.78 is 2.67. The molecule has 1 heterocycles. The second kappa shape index (κ2) is 12.5. The zero-order valence-electron chi connectivity index (χ0n) is 30.2. The van der Waals surface area contributed by atoms with E-state index in [0.29, 0.717) is 0 Å². The fourth-order valence-electron chi connectivity index (χ4n) is 9.35. The molecule has 10 aromatic rings. The lowest BCUT2D eigenvalue weighted by Crippen LogP contribution is -2.36. The van der Waals surface area contributed by atoms with Crippen molar-refractivity contribution in [2.45, 2.75) is 5.54 Å². The Morgan fingerprint density at radius 1 is 0.364 bits per heavy atom. The first kappa shape index (κ1) is 31.4. The van der Waals surface area contributed by atoms with Crippen LogP contribution in [0, 0.1) is 0 Å². The Morgan fingerprint density at radius 3 is 1.64 bits per heavy atom. The lowest BCUT2D eigenvalue weighted by Gasteiger charge is -2.38. The van der Waals surface area contributed by atoms with Crippen LogP contribution in [-0.2, 0) is 5.54 Å². The summed E-state index contributed by atoms with van der Waals surface area (Å²) in [6, 6.07) is 80.1. The standard InChI is InChI=1S/C53H36N2/c1-3-17-37(18-4-1)38-33-35-41(36-34-38)54(49-31-15-20-39-19-7-8-23-42(39)49)51-32-16-27-46-45-26-11-14-30-50(45)55(52(46)51)53(40-21-5-2-6-22-40)47-28-12-9-24-43(47)44-25-10-13-29-48(44)53/h1-36H. The first-order valence-electron chi connectivity index (χ1n) is 19.0. The van der Waals surface area contributed by atoms with Gasteiger partial charge in [-0.15, -0.1) is 0 Å². The van der Waals surface area contributed by atoms with Crippen LogP contribution in [0.4, 0.5) is 17.1 Å². The van der Waals surface area contributed by atoms with Crippen LogP contribution in [-0.4, -0.2) is 4.57 Å². The largest absolute Gasteiger partial charge is 0.320 e. The number of benzene rings is 9. The monoisotopic (exact) mass is 700 g/mol. The number of rotatable bonds is 6. The first-order valence-corrected chi connectivity index (χ1v) is 19.0. The highest BCUT2D eigenvalue weighted by Crippen LogP contribution is 2.57. The van der Waals surface area contributed by atoms with Gasteiger partial charge < -0.3 is 9.47 Å². The molecule has 0 atom stereocenters. The molecule has 2 nitrogen and oxygen atoms in total. The topological polar surface area (TPSA) is 8.17 Å². The van der Waals surface area contributed by atoms with Crippen molar-refractivity contribution in [1.29, 1.82) is 0 Å². The SMILES string of the molecule is c1ccc(-c2ccc(N(c3cccc4ccccc34)c3cccc4c5ccccc5n(C5(c6ccccc6)c6ccccc6-c6ccccc65)c34)cc2)cc1. The Labute approximate surface area is 320 Å². The highest BCUT2D eigenvalue weighted by molar-refractivity contribution is 6.15. The average Bonchev–Trinajstić information content (AvgIpc) is 3.76. The molecule has 0 saturated carbocycles. The van der Waals surface area contributed by atoms with Crippen molar-refractivity contribution in [3.8, 4) is 22.3 Å². The second-order valence-corrected chi connectivity index (χ2v) is 14.4. The molecule has 0 bridgehead atoms. The van der Waals surface area contributed by atoms with Crippen LogP contribution in [0.3, 0.4) is 0 Å². The van der Waals surface area contributed by atoms with E-state index in [2.05, 4.69) is 228 Å². The molecule has 258 valence electrons. The van der Waals surface area contributed by atoms with E-state index < -0.39 is 5.54 Å². The molecule has 11 rings (SSSR count). The Hall–Kier alpha value is -7.16. The van der Waals surface area contributed by atoms with Gasteiger partial charge in [0.05, 0.1) is 22.4 Å². The van der Waals surface area contributed by atoms with Gasteiger partial charge in [-0.05, 0) is 74.7 Å². The van der Waals surface area contributed by atoms with Crippen LogP contribution in [0.15, 0.2) is 218 Å². The third-order valence-electron chi connectivity index (χ3n) is 11.6. The molecule has 1 aliphatic rings. The highest BCUT2D eigenvalue weighted by Gasteiger charge is 2.48. The number of hydrogen-bond acceptors (Lipinski definition) is 1. The van der Waals surface area contributed by atoms with Gasteiger partial charge in [-0.3, -0.25) is 0 Å². The van der Waals surface area contributed by atoms with E-state index >= 15 is 0 Å². The summed E-state index contributed by atoms with van der Waals surface area (Å²) in [5.74, 6) is 0. The summed E-state index contributed by atoms with van der Waals surface area (Å²) in [6.07, 6.45) is 0. The van der Waals surface area contributed by atoms with Gasteiger partial charge in [-0.2, -0.15) is 0 Å². The molecule has 9 aromatic carbocycles. The lowest BCUT2D eigenvalue weighted by atomic mass is 9.80. The Morgan fingerprint density at radius 2 is 0.891 bits per heavy atom. The zero-order valence-corrected chi connectivity index (χ0v) is 30.2. The van der Waals surface area contributed by atoms with Crippen LogP contribution in [0.2, 0.25) is 0 Å². The van der Waals surface area contributed by atoms with Crippen LogP contribution in [0.1, 0.15) is 16.7 Å². The van der Waals surface area contributed by atoms with Gasteiger partial charge in [0.1, 0.15) is 5.54 Å². The number of aromatic nitrogens is 1. The number of nitrogens with zero attached hydrogens (tertiary/aromatic N) is 2. The normalized spacial score (nSPS) is 12.9. The lowest BCUT2D eigenvalue weighted by molar-refractivity contribution is 0.564. The Kier molecular flexibility index (Phi) is 7.11. The van der Waals surface area contributed by atoms with Crippen molar-refractivity contribution in [2.24, 2.45) is 0 Å².